The summed E-state index contributed by atoms with van der Waals surface area (Å²) in [5, 5.41) is 12.7. The average Bonchev–Trinajstić information content (AvgIpc) is 2.79. The normalized spacial score (nSPS) is 18.6. The van der Waals surface area contributed by atoms with Gasteiger partial charge in [0.1, 0.15) is 5.51 Å². The summed E-state index contributed by atoms with van der Waals surface area (Å²) in [6.07, 6.45) is 2.51. The van der Waals surface area contributed by atoms with Crippen LogP contribution in [0.2, 0.25) is 0 Å². The molecule has 2 rings (SSSR count). The van der Waals surface area contributed by atoms with Gasteiger partial charge in [0.25, 0.3) is 0 Å². The summed E-state index contributed by atoms with van der Waals surface area (Å²) in [6.45, 7) is 10.0. The quantitative estimate of drug-likeness (QED) is 0.897. The van der Waals surface area contributed by atoms with Crippen LogP contribution in [0.3, 0.4) is 0 Å². The van der Waals surface area contributed by atoms with Crippen LogP contribution in [0.1, 0.15) is 33.6 Å². The Kier molecular flexibility index (Phi) is 3.99. The minimum atomic E-state index is 0.233. The predicted octanol–water partition coefficient (Wildman–Crippen LogP) is 2.14. The minimum absolute atomic E-state index is 0.233. The minimum Gasteiger partial charge on any atom is -0.347 e. The number of hydrogen-bond acceptors (Lipinski definition) is 5. The van der Waals surface area contributed by atoms with Gasteiger partial charge in [0, 0.05) is 18.6 Å². The number of nitrogens with one attached hydrogen (secondary N) is 1. The molecule has 1 fully saturated rings. The smallest absolute Gasteiger partial charge is 0.208 e. The SMILES string of the molecule is CC(C)(C)NCC1CCN(c2nncs2)CC1. The summed E-state index contributed by atoms with van der Waals surface area (Å²) in [5.41, 5.74) is 2.04. The van der Waals surface area contributed by atoms with E-state index in [4.69, 9.17) is 0 Å². The second kappa shape index (κ2) is 5.31. The molecule has 0 bridgehead atoms. The van der Waals surface area contributed by atoms with E-state index in [9.17, 15) is 0 Å². The number of rotatable bonds is 3. The fraction of sp³-hybridized carbons (Fsp3) is 0.833. The fourth-order valence-electron chi connectivity index (χ4n) is 2.08. The molecule has 0 spiro atoms. The van der Waals surface area contributed by atoms with Gasteiger partial charge >= 0.3 is 0 Å². The summed E-state index contributed by atoms with van der Waals surface area (Å²) in [6, 6.07) is 0. The number of aromatic nitrogens is 2. The van der Waals surface area contributed by atoms with Gasteiger partial charge in [0.2, 0.25) is 5.13 Å². The number of nitrogens with zero attached hydrogens (tertiary/aromatic N) is 3. The molecule has 4 nitrogen and oxygen atoms in total. The molecule has 1 aromatic heterocycles. The van der Waals surface area contributed by atoms with E-state index in [0.717, 1.165) is 30.7 Å². The van der Waals surface area contributed by atoms with Crippen molar-refractivity contribution in [1.82, 2.24) is 15.5 Å². The fourth-order valence-corrected chi connectivity index (χ4v) is 2.70. The molecule has 1 N–H and O–H groups in total. The first kappa shape index (κ1) is 12.8. The molecular formula is C12H22N4S. The van der Waals surface area contributed by atoms with Crippen molar-refractivity contribution in [1.29, 1.82) is 0 Å². The van der Waals surface area contributed by atoms with E-state index >= 15 is 0 Å². The van der Waals surface area contributed by atoms with Crippen LogP contribution in [0, 0.1) is 5.92 Å². The summed E-state index contributed by atoms with van der Waals surface area (Å²) in [5.74, 6) is 0.804. The Morgan fingerprint density at radius 2 is 2.12 bits per heavy atom. The van der Waals surface area contributed by atoms with Crippen LogP contribution in [-0.2, 0) is 0 Å². The Morgan fingerprint density at radius 1 is 1.41 bits per heavy atom. The van der Waals surface area contributed by atoms with Gasteiger partial charge in [-0.2, -0.15) is 0 Å². The topological polar surface area (TPSA) is 41.0 Å². The summed E-state index contributed by atoms with van der Waals surface area (Å²) >= 11 is 1.64. The molecule has 1 saturated heterocycles. The maximum absolute atomic E-state index is 4.13. The van der Waals surface area contributed by atoms with Crippen LogP contribution >= 0.6 is 11.3 Å². The molecule has 0 atom stereocenters. The Balaban J connectivity index is 1.75. The Hall–Kier alpha value is -0.680. The third kappa shape index (κ3) is 3.92. The first-order valence-corrected chi connectivity index (χ1v) is 7.19. The summed E-state index contributed by atoms with van der Waals surface area (Å²) < 4.78 is 0. The van der Waals surface area contributed by atoms with E-state index in [-0.39, 0.29) is 5.54 Å². The molecule has 0 saturated carbocycles. The highest BCUT2D eigenvalue weighted by Crippen LogP contribution is 2.23. The Bertz CT molecular complexity index is 323. The molecule has 2 heterocycles. The van der Waals surface area contributed by atoms with Crippen LogP contribution < -0.4 is 10.2 Å². The maximum Gasteiger partial charge on any atom is 0.208 e. The van der Waals surface area contributed by atoms with Crippen molar-refractivity contribution in [2.24, 2.45) is 5.92 Å². The first-order valence-electron chi connectivity index (χ1n) is 6.31. The van der Waals surface area contributed by atoms with Crippen molar-refractivity contribution in [2.45, 2.75) is 39.2 Å². The molecule has 0 aliphatic carbocycles. The van der Waals surface area contributed by atoms with E-state index in [1.165, 1.54) is 12.8 Å². The van der Waals surface area contributed by atoms with Crippen molar-refractivity contribution in [3.63, 3.8) is 0 Å². The van der Waals surface area contributed by atoms with Gasteiger partial charge in [-0.15, -0.1) is 10.2 Å². The molecule has 5 heteroatoms. The zero-order valence-electron chi connectivity index (χ0n) is 10.9. The standard InChI is InChI=1S/C12H22N4S/c1-12(2,3)13-8-10-4-6-16(7-5-10)11-15-14-9-17-11/h9-10,13H,4-8H2,1-3H3. The third-order valence-electron chi connectivity index (χ3n) is 3.15. The van der Waals surface area contributed by atoms with Crippen molar-refractivity contribution < 1.29 is 0 Å². The molecule has 0 radical (unpaired) electrons. The number of anilines is 1. The second-order valence-electron chi connectivity index (χ2n) is 5.78. The predicted molar refractivity (Wildman–Crippen MR) is 72.6 cm³/mol. The van der Waals surface area contributed by atoms with E-state index in [2.05, 4.69) is 41.2 Å². The van der Waals surface area contributed by atoms with E-state index < -0.39 is 0 Å². The van der Waals surface area contributed by atoms with Gasteiger partial charge in [-0.05, 0) is 46.1 Å². The van der Waals surface area contributed by atoms with Gasteiger partial charge in [-0.3, -0.25) is 0 Å². The lowest BCUT2D eigenvalue weighted by atomic mass is 9.96. The molecule has 0 amide bonds. The van der Waals surface area contributed by atoms with Gasteiger partial charge in [0.05, 0.1) is 0 Å². The monoisotopic (exact) mass is 254 g/mol. The molecule has 17 heavy (non-hydrogen) atoms. The number of piperidine rings is 1. The van der Waals surface area contributed by atoms with Gasteiger partial charge in [0.15, 0.2) is 0 Å². The van der Waals surface area contributed by atoms with E-state index in [1.54, 1.807) is 11.3 Å². The zero-order chi connectivity index (χ0) is 12.3. The van der Waals surface area contributed by atoms with E-state index in [1.807, 2.05) is 5.51 Å². The zero-order valence-corrected chi connectivity index (χ0v) is 11.8. The van der Waals surface area contributed by atoms with Crippen LogP contribution in [0.5, 0.6) is 0 Å². The molecule has 0 aromatic carbocycles. The number of hydrogen-bond donors (Lipinski definition) is 1. The lowest BCUT2D eigenvalue weighted by molar-refractivity contribution is 0.329. The van der Waals surface area contributed by atoms with Crippen LogP contribution in [-0.4, -0.2) is 35.4 Å². The van der Waals surface area contributed by atoms with Crippen LogP contribution in [0.4, 0.5) is 5.13 Å². The average molecular weight is 254 g/mol. The maximum atomic E-state index is 4.13. The third-order valence-corrected chi connectivity index (χ3v) is 3.91. The molecule has 1 aliphatic rings. The molecule has 96 valence electrons. The highest BCUT2D eigenvalue weighted by atomic mass is 32.1. The molecular weight excluding hydrogens is 232 g/mol. The Morgan fingerprint density at radius 3 is 2.65 bits per heavy atom. The largest absolute Gasteiger partial charge is 0.347 e. The van der Waals surface area contributed by atoms with Crippen LogP contribution in [0.25, 0.3) is 0 Å². The molecule has 1 aromatic rings. The lowest BCUT2D eigenvalue weighted by Gasteiger charge is -2.33. The van der Waals surface area contributed by atoms with Crippen molar-refractivity contribution in [3.05, 3.63) is 5.51 Å². The molecule has 0 unspecified atom stereocenters. The van der Waals surface area contributed by atoms with Crippen molar-refractivity contribution in [3.8, 4) is 0 Å². The van der Waals surface area contributed by atoms with Gasteiger partial charge in [-0.1, -0.05) is 11.3 Å². The highest BCUT2D eigenvalue weighted by molar-refractivity contribution is 7.13. The van der Waals surface area contributed by atoms with E-state index in [0.29, 0.717) is 0 Å². The highest BCUT2D eigenvalue weighted by Gasteiger charge is 2.22. The van der Waals surface area contributed by atoms with Gasteiger partial charge in [-0.25, -0.2) is 0 Å². The second-order valence-corrected chi connectivity index (χ2v) is 6.59. The Labute approximate surface area is 107 Å². The summed E-state index contributed by atoms with van der Waals surface area (Å²) in [7, 11) is 0. The first-order chi connectivity index (χ1) is 8.04. The van der Waals surface area contributed by atoms with Crippen molar-refractivity contribution >= 4 is 16.5 Å². The lowest BCUT2D eigenvalue weighted by Crippen LogP contribution is -2.42. The van der Waals surface area contributed by atoms with Crippen LogP contribution in [0.15, 0.2) is 5.51 Å². The van der Waals surface area contributed by atoms with Gasteiger partial charge < -0.3 is 10.2 Å². The summed E-state index contributed by atoms with van der Waals surface area (Å²) in [4.78, 5) is 2.35. The van der Waals surface area contributed by atoms with Crippen molar-refractivity contribution in [2.75, 3.05) is 24.5 Å². The molecule has 1 aliphatic heterocycles.